The third-order valence-electron chi connectivity index (χ3n) is 4.56. The lowest BCUT2D eigenvalue weighted by Crippen LogP contribution is -2.26. The van der Waals surface area contributed by atoms with Crippen molar-refractivity contribution < 1.29 is 14.3 Å². The molecule has 0 aliphatic heterocycles. The minimum absolute atomic E-state index is 0.160. The molecule has 0 bridgehead atoms. The van der Waals surface area contributed by atoms with Crippen LogP contribution in [-0.2, 0) is 14.9 Å². The van der Waals surface area contributed by atoms with Gasteiger partial charge in [-0.05, 0) is 37.8 Å². The summed E-state index contributed by atoms with van der Waals surface area (Å²) < 4.78 is 12.5. The van der Waals surface area contributed by atoms with Gasteiger partial charge in [-0.3, -0.25) is 4.79 Å². The number of aromatic nitrogens is 2. The lowest BCUT2D eigenvalue weighted by atomic mass is 10.1. The van der Waals surface area contributed by atoms with Gasteiger partial charge in [-0.25, -0.2) is 4.98 Å². The third kappa shape index (κ3) is 1.76. The fraction of sp³-hybridized carbons (Fsp3) is 0.500. The molecule has 2 aliphatic rings. The van der Waals surface area contributed by atoms with Gasteiger partial charge >= 0.3 is 5.97 Å². The Labute approximate surface area is 122 Å². The minimum Gasteiger partial charge on any atom is -0.497 e. The number of ether oxygens (including phenoxy) is 2. The first kappa shape index (κ1) is 12.7. The molecule has 1 aromatic heterocycles. The SMILES string of the molecule is COC(=O)C1(c2nc3cc(OC)ccc3n2C2CC2)CC1. The number of esters is 1. The molecular formula is C16H18N2O3. The van der Waals surface area contributed by atoms with E-state index in [9.17, 15) is 4.79 Å². The monoisotopic (exact) mass is 286 g/mol. The van der Waals surface area contributed by atoms with Crippen LogP contribution in [0.3, 0.4) is 0 Å². The Balaban J connectivity index is 1.92. The van der Waals surface area contributed by atoms with Crippen molar-refractivity contribution in [2.75, 3.05) is 14.2 Å². The molecule has 0 spiro atoms. The Morgan fingerprint density at radius 2 is 2.10 bits per heavy atom. The van der Waals surface area contributed by atoms with Gasteiger partial charge < -0.3 is 14.0 Å². The summed E-state index contributed by atoms with van der Waals surface area (Å²) in [5.74, 6) is 1.50. The molecule has 0 atom stereocenters. The standard InChI is InChI=1S/C16H18N2O3/c1-20-11-5-6-13-12(9-11)17-14(18(13)10-3-4-10)16(7-8-16)15(19)21-2/h5-6,9-10H,3-4,7-8H2,1-2H3. The Morgan fingerprint density at radius 3 is 2.67 bits per heavy atom. The maximum atomic E-state index is 12.2. The van der Waals surface area contributed by atoms with Crippen LogP contribution in [-0.4, -0.2) is 29.7 Å². The molecule has 1 heterocycles. The quantitative estimate of drug-likeness (QED) is 0.811. The van der Waals surface area contributed by atoms with E-state index in [-0.39, 0.29) is 5.97 Å². The first-order valence-corrected chi connectivity index (χ1v) is 7.34. The van der Waals surface area contributed by atoms with Gasteiger partial charge in [-0.1, -0.05) is 0 Å². The Hall–Kier alpha value is -2.04. The van der Waals surface area contributed by atoms with Crippen LogP contribution in [0.15, 0.2) is 18.2 Å². The Bertz CT molecular complexity index is 726. The Kier molecular flexibility index (Phi) is 2.55. The zero-order valence-electron chi connectivity index (χ0n) is 12.3. The van der Waals surface area contributed by atoms with E-state index in [0.29, 0.717) is 6.04 Å². The third-order valence-corrected chi connectivity index (χ3v) is 4.56. The highest BCUT2D eigenvalue weighted by molar-refractivity contribution is 5.88. The van der Waals surface area contributed by atoms with Gasteiger partial charge in [0.15, 0.2) is 0 Å². The molecule has 0 saturated heterocycles. The molecule has 0 unspecified atom stereocenters. The van der Waals surface area contributed by atoms with Gasteiger partial charge in [0, 0.05) is 12.1 Å². The van der Waals surface area contributed by atoms with Gasteiger partial charge in [0.1, 0.15) is 17.0 Å². The van der Waals surface area contributed by atoms with Crippen molar-refractivity contribution in [1.82, 2.24) is 9.55 Å². The number of hydrogen-bond acceptors (Lipinski definition) is 4. The summed E-state index contributed by atoms with van der Waals surface area (Å²) in [6.07, 6.45) is 3.96. The summed E-state index contributed by atoms with van der Waals surface area (Å²) in [6, 6.07) is 6.40. The predicted octanol–water partition coefficient (Wildman–Crippen LogP) is 2.58. The van der Waals surface area contributed by atoms with Crippen molar-refractivity contribution in [3.63, 3.8) is 0 Å². The number of carbonyl (C=O) groups excluding carboxylic acids is 1. The number of nitrogens with zero attached hydrogens (tertiary/aromatic N) is 2. The van der Waals surface area contributed by atoms with E-state index < -0.39 is 5.41 Å². The van der Waals surface area contributed by atoms with Crippen molar-refractivity contribution in [2.45, 2.75) is 37.1 Å². The van der Waals surface area contributed by atoms with Crippen LogP contribution in [0.4, 0.5) is 0 Å². The van der Waals surface area contributed by atoms with Crippen molar-refractivity contribution >= 4 is 17.0 Å². The average Bonchev–Trinajstić information content (AvgIpc) is 3.43. The first-order chi connectivity index (χ1) is 10.2. The molecule has 5 nitrogen and oxygen atoms in total. The molecule has 2 fully saturated rings. The summed E-state index contributed by atoms with van der Waals surface area (Å²) in [6.45, 7) is 0. The van der Waals surface area contributed by atoms with E-state index in [1.165, 1.54) is 7.11 Å². The van der Waals surface area contributed by atoms with Gasteiger partial charge in [-0.2, -0.15) is 0 Å². The fourth-order valence-electron chi connectivity index (χ4n) is 3.08. The van der Waals surface area contributed by atoms with Crippen LogP contribution in [0.1, 0.15) is 37.5 Å². The number of rotatable bonds is 4. The molecule has 2 aromatic rings. The van der Waals surface area contributed by atoms with Gasteiger partial charge in [0.05, 0.1) is 25.3 Å². The molecule has 0 radical (unpaired) electrons. The van der Waals surface area contributed by atoms with Gasteiger partial charge in [0.2, 0.25) is 0 Å². The smallest absolute Gasteiger partial charge is 0.319 e. The summed E-state index contributed by atoms with van der Waals surface area (Å²) >= 11 is 0. The minimum atomic E-state index is -0.524. The number of fused-ring (bicyclic) bond motifs is 1. The molecule has 1 aromatic carbocycles. The zero-order chi connectivity index (χ0) is 14.6. The number of benzene rings is 1. The van der Waals surface area contributed by atoms with Crippen LogP contribution in [0.2, 0.25) is 0 Å². The molecule has 110 valence electrons. The molecule has 0 amide bonds. The maximum Gasteiger partial charge on any atom is 0.319 e. The molecule has 2 saturated carbocycles. The highest BCUT2D eigenvalue weighted by Gasteiger charge is 2.57. The second-order valence-electron chi connectivity index (χ2n) is 5.96. The largest absolute Gasteiger partial charge is 0.497 e. The summed E-state index contributed by atoms with van der Waals surface area (Å²) in [5, 5.41) is 0. The number of methoxy groups -OCH3 is 2. The number of carbonyl (C=O) groups is 1. The van der Waals surface area contributed by atoms with Crippen LogP contribution < -0.4 is 4.74 Å². The van der Waals surface area contributed by atoms with E-state index in [1.54, 1.807) is 7.11 Å². The summed E-state index contributed by atoms with van der Waals surface area (Å²) in [4.78, 5) is 17.0. The molecular weight excluding hydrogens is 268 g/mol. The lowest BCUT2D eigenvalue weighted by Gasteiger charge is -2.15. The van der Waals surface area contributed by atoms with Crippen LogP contribution in [0, 0.1) is 0 Å². The van der Waals surface area contributed by atoms with Crippen molar-refractivity contribution in [3.05, 3.63) is 24.0 Å². The second kappa shape index (κ2) is 4.23. The Morgan fingerprint density at radius 1 is 1.33 bits per heavy atom. The average molecular weight is 286 g/mol. The number of hydrogen-bond donors (Lipinski definition) is 0. The molecule has 4 rings (SSSR count). The molecule has 2 aliphatic carbocycles. The highest BCUT2D eigenvalue weighted by atomic mass is 16.5. The fourth-order valence-corrected chi connectivity index (χ4v) is 3.08. The van der Waals surface area contributed by atoms with Crippen LogP contribution in [0.5, 0.6) is 5.75 Å². The molecule has 21 heavy (non-hydrogen) atoms. The molecule has 0 N–H and O–H groups in total. The normalized spacial score (nSPS) is 19.5. The van der Waals surface area contributed by atoms with Crippen molar-refractivity contribution in [3.8, 4) is 5.75 Å². The highest BCUT2D eigenvalue weighted by Crippen LogP contribution is 2.52. The summed E-state index contributed by atoms with van der Waals surface area (Å²) in [5.41, 5.74) is 1.46. The van der Waals surface area contributed by atoms with Gasteiger partial charge in [0.25, 0.3) is 0 Å². The zero-order valence-corrected chi connectivity index (χ0v) is 12.3. The number of imidazole rings is 1. The van der Waals surface area contributed by atoms with Crippen molar-refractivity contribution in [2.24, 2.45) is 0 Å². The predicted molar refractivity (Wildman–Crippen MR) is 77.5 cm³/mol. The van der Waals surface area contributed by atoms with E-state index in [4.69, 9.17) is 14.5 Å². The van der Waals surface area contributed by atoms with Crippen molar-refractivity contribution in [1.29, 1.82) is 0 Å². The van der Waals surface area contributed by atoms with E-state index >= 15 is 0 Å². The summed E-state index contributed by atoms with van der Waals surface area (Å²) in [7, 11) is 3.10. The first-order valence-electron chi connectivity index (χ1n) is 7.34. The second-order valence-corrected chi connectivity index (χ2v) is 5.96. The van der Waals surface area contributed by atoms with Crippen LogP contribution in [0.25, 0.3) is 11.0 Å². The van der Waals surface area contributed by atoms with E-state index in [1.807, 2.05) is 18.2 Å². The topological polar surface area (TPSA) is 53.4 Å². The van der Waals surface area contributed by atoms with Gasteiger partial charge in [-0.15, -0.1) is 0 Å². The molecule has 5 heteroatoms. The van der Waals surface area contributed by atoms with E-state index in [0.717, 1.165) is 48.3 Å². The maximum absolute atomic E-state index is 12.2. The van der Waals surface area contributed by atoms with E-state index in [2.05, 4.69) is 4.57 Å². The lowest BCUT2D eigenvalue weighted by molar-refractivity contribution is -0.144. The van der Waals surface area contributed by atoms with Crippen LogP contribution >= 0.6 is 0 Å².